The van der Waals surface area contributed by atoms with Crippen molar-refractivity contribution in [2.24, 2.45) is 0 Å². The zero-order valence-electron chi connectivity index (χ0n) is 13.1. The summed E-state index contributed by atoms with van der Waals surface area (Å²) in [5, 5.41) is 4.62. The quantitative estimate of drug-likeness (QED) is 0.851. The van der Waals surface area contributed by atoms with Gasteiger partial charge >= 0.3 is 0 Å². The third kappa shape index (κ3) is 2.88. The van der Waals surface area contributed by atoms with Gasteiger partial charge in [-0.05, 0) is 51.3 Å². The molecular formula is C17H28N4. The minimum Gasteiger partial charge on any atom is -0.303 e. The van der Waals surface area contributed by atoms with E-state index in [9.17, 15) is 0 Å². The highest BCUT2D eigenvalue weighted by Crippen LogP contribution is 2.31. The standard InChI is InChI=1S/C17H28N4/c1-2-6-15(5-1)20-13-16-7-9-18-21(16)17(14-20)8-12-19-10-3-4-11-19/h7,9,15,17H,1-6,8,10-14H2/t17-/m0/s1. The summed E-state index contributed by atoms with van der Waals surface area (Å²) in [5.74, 6) is 0. The zero-order chi connectivity index (χ0) is 14.1. The minimum atomic E-state index is 0.588. The van der Waals surface area contributed by atoms with Crippen LogP contribution in [0.5, 0.6) is 0 Å². The van der Waals surface area contributed by atoms with Gasteiger partial charge in [-0.3, -0.25) is 9.58 Å². The van der Waals surface area contributed by atoms with Crippen LogP contribution in [-0.4, -0.2) is 51.8 Å². The fourth-order valence-corrected chi connectivity index (χ4v) is 4.52. The lowest BCUT2D eigenvalue weighted by atomic mass is 10.1. The van der Waals surface area contributed by atoms with Crippen LogP contribution in [0.1, 0.15) is 56.7 Å². The maximum atomic E-state index is 4.62. The van der Waals surface area contributed by atoms with Gasteiger partial charge in [-0.1, -0.05) is 12.8 Å². The second-order valence-electron chi connectivity index (χ2n) is 7.13. The predicted octanol–water partition coefficient (Wildman–Crippen LogP) is 2.67. The van der Waals surface area contributed by atoms with Crippen LogP contribution >= 0.6 is 0 Å². The van der Waals surface area contributed by atoms with Crippen LogP contribution < -0.4 is 0 Å². The van der Waals surface area contributed by atoms with Crippen LogP contribution in [-0.2, 0) is 6.54 Å². The highest BCUT2D eigenvalue weighted by atomic mass is 15.4. The molecule has 4 nitrogen and oxygen atoms in total. The molecule has 3 aliphatic rings. The predicted molar refractivity (Wildman–Crippen MR) is 84.2 cm³/mol. The molecule has 2 aliphatic heterocycles. The largest absolute Gasteiger partial charge is 0.303 e. The maximum Gasteiger partial charge on any atom is 0.0662 e. The van der Waals surface area contributed by atoms with Gasteiger partial charge in [0.2, 0.25) is 0 Å². The van der Waals surface area contributed by atoms with Crippen LogP contribution in [0.3, 0.4) is 0 Å². The SMILES string of the molecule is c1cc2n(n1)[C@@H](CCN1CCCC1)CN(C1CCCC1)C2. The lowest BCUT2D eigenvalue weighted by molar-refractivity contribution is 0.115. The molecule has 0 amide bonds. The molecule has 1 saturated heterocycles. The number of likely N-dealkylation sites (tertiary alicyclic amines) is 1. The first-order valence-corrected chi connectivity index (χ1v) is 8.89. The monoisotopic (exact) mass is 288 g/mol. The van der Waals surface area contributed by atoms with Gasteiger partial charge in [-0.15, -0.1) is 0 Å². The number of nitrogens with zero attached hydrogens (tertiary/aromatic N) is 4. The molecule has 0 radical (unpaired) electrons. The van der Waals surface area contributed by atoms with E-state index >= 15 is 0 Å². The molecule has 4 heteroatoms. The lowest BCUT2D eigenvalue weighted by Crippen LogP contribution is -2.43. The second-order valence-corrected chi connectivity index (χ2v) is 7.13. The van der Waals surface area contributed by atoms with Crippen molar-refractivity contribution >= 4 is 0 Å². The smallest absolute Gasteiger partial charge is 0.0662 e. The van der Waals surface area contributed by atoms with Crippen LogP contribution in [0.4, 0.5) is 0 Å². The Bertz CT molecular complexity index is 457. The molecular weight excluding hydrogens is 260 g/mol. The molecule has 0 aromatic carbocycles. The molecule has 116 valence electrons. The number of aromatic nitrogens is 2. The molecule has 0 unspecified atom stereocenters. The first-order chi connectivity index (χ1) is 10.4. The van der Waals surface area contributed by atoms with Crippen molar-refractivity contribution < 1.29 is 0 Å². The first-order valence-electron chi connectivity index (χ1n) is 8.89. The van der Waals surface area contributed by atoms with Gasteiger partial charge in [0.15, 0.2) is 0 Å². The number of rotatable bonds is 4. The summed E-state index contributed by atoms with van der Waals surface area (Å²) in [5.41, 5.74) is 1.43. The van der Waals surface area contributed by atoms with E-state index in [-0.39, 0.29) is 0 Å². The lowest BCUT2D eigenvalue weighted by Gasteiger charge is -2.38. The average molecular weight is 288 g/mol. The molecule has 0 bridgehead atoms. The molecule has 1 aromatic heterocycles. The fourth-order valence-electron chi connectivity index (χ4n) is 4.52. The Labute approximate surface area is 128 Å². The van der Waals surface area contributed by atoms with Crippen molar-refractivity contribution in [3.05, 3.63) is 18.0 Å². The second kappa shape index (κ2) is 6.09. The molecule has 0 N–H and O–H groups in total. The van der Waals surface area contributed by atoms with Gasteiger partial charge in [0.05, 0.1) is 11.7 Å². The third-order valence-electron chi connectivity index (χ3n) is 5.73. The summed E-state index contributed by atoms with van der Waals surface area (Å²) < 4.78 is 2.32. The Morgan fingerprint density at radius 1 is 1.10 bits per heavy atom. The van der Waals surface area contributed by atoms with Gasteiger partial charge in [0.1, 0.15) is 0 Å². The Balaban J connectivity index is 1.43. The Morgan fingerprint density at radius 2 is 1.90 bits per heavy atom. The Hall–Kier alpha value is -0.870. The molecule has 0 spiro atoms. The van der Waals surface area contributed by atoms with Gasteiger partial charge in [0.25, 0.3) is 0 Å². The van der Waals surface area contributed by atoms with E-state index in [1.807, 2.05) is 6.20 Å². The van der Waals surface area contributed by atoms with Gasteiger partial charge < -0.3 is 4.90 Å². The van der Waals surface area contributed by atoms with Crippen LogP contribution in [0.2, 0.25) is 0 Å². The van der Waals surface area contributed by atoms with E-state index in [2.05, 4.69) is 25.6 Å². The molecule has 21 heavy (non-hydrogen) atoms. The normalized spacial score (nSPS) is 28.3. The van der Waals surface area contributed by atoms with Gasteiger partial charge in [-0.25, -0.2) is 0 Å². The minimum absolute atomic E-state index is 0.588. The number of fused-ring (bicyclic) bond motifs is 1. The first kappa shape index (κ1) is 13.8. The summed E-state index contributed by atoms with van der Waals surface area (Å²) in [4.78, 5) is 5.39. The van der Waals surface area contributed by atoms with E-state index in [1.54, 1.807) is 0 Å². The Morgan fingerprint density at radius 3 is 2.71 bits per heavy atom. The molecule has 3 heterocycles. The Kier molecular flexibility index (Phi) is 3.99. The summed E-state index contributed by atoms with van der Waals surface area (Å²) in [6.07, 6.45) is 11.7. The summed E-state index contributed by atoms with van der Waals surface area (Å²) in [6.45, 7) is 6.20. The summed E-state index contributed by atoms with van der Waals surface area (Å²) in [7, 11) is 0. The molecule has 1 atom stereocenters. The molecule has 1 aromatic rings. The number of hydrogen-bond acceptors (Lipinski definition) is 3. The average Bonchev–Trinajstić information content (AvgIpc) is 3.24. The van der Waals surface area contributed by atoms with Gasteiger partial charge in [0, 0.05) is 31.9 Å². The molecule has 4 rings (SSSR count). The van der Waals surface area contributed by atoms with Crippen LogP contribution in [0.25, 0.3) is 0 Å². The van der Waals surface area contributed by atoms with Crippen molar-refractivity contribution in [1.82, 2.24) is 19.6 Å². The maximum absolute atomic E-state index is 4.62. The van der Waals surface area contributed by atoms with Crippen LogP contribution in [0, 0.1) is 0 Å². The van der Waals surface area contributed by atoms with E-state index in [0.717, 1.165) is 12.6 Å². The van der Waals surface area contributed by atoms with Gasteiger partial charge in [-0.2, -0.15) is 5.10 Å². The van der Waals surface area contributed by atoms with E-state index in [0.29, 0.717) is 6.04 Å². The zero-order valence-corrected chi connectivity index (χ0v) is 13.1. The van der Waals surface area contributed by atoms with Crippen LogP contribution in [0.15, 0.2) is 12.3 Å². The molecule has 1 saturated carbocycles. The van der Waals surface area contributed by atoms with E-state index in [4.69, 9.17) is 0 Å². The number of hydrogen-bond donors (Lipinski definition) is 0. The summed E-state index contributed by atoms with van der Waals surface area (Å²) >= 11 is 0. The van der Waals surface area contributed by atoms with Crippen molar-refractivity contribution in [2.75, 3.05) is 26.2 Å². The summed E-state index contributed by atoms with van der Waals surface area (Å²) in [6, 6.07) is 3.65. The highest BCUT2D eigenvalue weighted by Gasteiger charge is 2.31. The van der Waals surface area contributed by atoms with Crippen molar-refractivity contribution in [3.63, 3.8) is 0 Å². The third-order valence-corrected chi connectivity index (χ3v) is 5.73. The molecule has 1 aliphatic carbocycles. The van der Waals surface area contributed by atoms with Crippen molar-refractivity contribution in [2.45, 2.75) is 63.6 Å². The highest BCUT2D eigenvalue weighted by molar-refractivity contribution is 5.06. The van der Waals surface area contributed by atoms with E-state index < -0.39 is 0 Å². The fraction of sp³-hybridized carbons (Fsp3) is 0.824. The topological polar surface area (TPSA) is 24.3 Å². The van der Waals surface area contributed by atoms with E-state index in [1.165, 1.54) is 76.8 Å². The molecule has 2 fully saturated rings. The van der Waals surface area contributed by atoms with Crippen molar-refractivity contribution in [3.8, 4) is 0 Å². The van der Waals surface area contributed by atoms with Crippen molar-refractivity contribution in [1.29, 1.82) is 0 Å².